The molecule has 6 nitrogen and oxygen atoms in total. The third-order valence-electron chi connectivity index (χ3n) is 5.35. The van der Waals surface area contributed by atoms with E-state index >= 15 is 0 Å². The standard InChI is InChI=1S/C22H25N3O3/c26-21(19-3-1-2-4-20(19)28-15-16-5-6-16)24-18-9-13-25(14-10-18)22(27)17-7-11-23-12-8-17/h1-4,7-8,11-12,16,18H,5-6,9-10,13-15H2,(H,24,26). The number of carbonyl (C=O) groups excluding carboxylic acids is 2. The smallest absolute Gasteiger partial charge is 0.255 e. The molecule has 28 heavy (non-hydrogen) atoms. The summed E-state index contributed by atoms with van der Waals surface area (Å²) < 4.78 is 5.85. The van der Waals surface area contributed by atoms with Gasteiger partial charge in [-0.2, -0.15) is 0 Å². The summed E-state index contributed by atoms with van der Waals surface area (Å²) in [6, 6.07) is 10.9. The molecule has 1 aromatic carbocycles. The van der Waals surface area contributed by atoms with Crippen molar-refractivity contribution in [1.82, 2.24) is 15.2 Å². The Labute approximate surface area is 164 Å². The monoisotopic (exact) mass is 379 g/mol. The van der Waals surface area contributed by atoms with Crippen LogP contribution in [0.5, 0.6) is 5.75 Å². The number of piperidine rings is 1. The van der Waals surface area contributed by atoms with Gasteiger partial charge in [-0.3, -0.25) is 14.6 Å². The molecule has 1 saturated carbocycles. The summed E-state index contributed by atoms with van der Waals surface area (Å²) in [4.78, 5) is 31.1. The van der Waals surface area contributed by atoms with Crippen LogP contribution in [0, 0.1) is 5.92 Å². The minimum atomic E-state index is -0.106. The quantitative estimate of drug-likeness (QED) is 0.838. The fraction of sp³-hybridized carbons (Fsp3) is 0.409. The molecule has 2 aromatic rings. The molecule has 1 saturated heterocycles. The van der Waals surface area contributed by atoms with Crippen LogP contribution >= 0.6 is 0 Å². The number of nitrogens with one attached hydrogen (secondary N) is 1. The molecule has 2 fully saturated rings. The summed E-state index contributed by atoms with van der Waals surface area (Å²) in [6.07, 6.45) is 7.17. The van der Waals surface area contributed by atoms with E-state index in [1.54, 1.807) is 30.6 Å². The molecule has 4 rings (SSSR count). The van der Waals surface area contributed by atoms with E-state index in [-0.39, 0.29) is 17.9 Å². The normalized spacial score (nSPS) is 17.2. The summed E-state index contributed by atoms with van der Waals surface area (Å²) >= 11 is 0. The first-order chi connectivity index (χ1) is 13.7. The van der Waals surface area contributed by atoms with E-state index < -0.39 is 0 Å². The highest BCUT2D eigenvalue weighted by Crippen LogP contribution is 2.30. The number of carbonyl (C=O) groups is 2. The largest absolute Gasteiger partial charge is 0.492 e. The average Bonchev–Trinajstić information content (AvgIpc) is 3.58. The van der Waals surface area contributed by atoms with Gasteiger partial charge in [0, 0.05) is 37.1 Å². The van der Waals surface area contributed by atoms with Crippen LogP contribution in [0.3, 0.4) is 0 Å². The van der Waals surface area contributed by atoms with Gasteiger partial charge in [-0.15, -0.1) is 0 Å². The lowest BCUT2D eigenvalue weighted by Crippen LogP contribution is -2.46. The Bertz CT molecular complexity index is 828. The van der Waals surface area contributed by atoms with Crippen LogP contribution in [-0.2, 0) is 0 Å². The first-order valence-electron chi connectivity index (χ1n) is 9.92. The molecule has 0 radical (unpaired) electrons. The van der Waals surface area contributed by atoms with Crippen molar-refractivity contribution in [2.24, 2.45) is 5.92 Å². The molecule has 1 N–H and O–H groups in total. The van der Waals surface area contributed by atoms with Crippen LogP contribution in [-0.4, -0.2) is 47.4 Å². The Morgan fingerprint density at radius 1 is 1.04 bits per heavy atom. The van der Waals surface area contributed by atoms with Crippen LogP contribution in [0.4, 0.5) is 0 Å². The number of ether oxygens (including phenoxy) is 1. The van der Waals surface area contributed by atoms with Gasteiger partial charge < -0.3 is 15.0 Å². The Kier molecular flexibility index (Phi) is 5.55. The zero-order valence-electron chi connectivity index (χ0n) is 15.8. The molecular weight excluding hydrogens is 354 g/mol. The lowest BCUT2D eigenvalue weighted by molar-refractivity contribution is 0.0697. The van der Waals surface area contributed by atoms with E-state index in [1.165, 1.54) is 12.8 Å². The molecular formula is C22H25N3O3. The molecule has 0 unspecified atom stereocenters. The van der Waals surface area contributed by atoms with Crippen LogP contribution in [0.15, 0.2) is 48.8 Å². The molecule has 2 amide bonds. The number of pyridine rings is 1. The second kappa shape index (κ2) is 8.42. The van der Waals surface area contributed by atoms with Crippen LogP contribution in [0.2, 0.25) is 0 Å². The summed E-state index contributed by atoms with van der Waals surface area (Å²) in [5.41, 5.74) is 1.23. The number of para-hydroxylation sites is 1. The van der Waals surface area contributed by atoms with Gasteiger partial charge in [0.1, 0.15) is 5.75 Å². The number of aromatic nitrogens is 1. The van der Waals surface area contributed by atoms with E-state index in [4.69, 9.17) is 4.74 Å². The lowest BCUT2D eigenvalue weighted by atomic mass is 10.0. The first kappa shape index (κ1) is 18.5. The van der Waals surface area contributed by atoms with Gasteiger partial charge in [0.05, 0.1) is 12.2 Å². The topological polar surface area (TPSA) is 71.5 Å². The van der Waals surface area contributed by atoms with Crippen LogP contribution in [0.25, 0.3) is 0 Å². The van der Waals surface area contributed by atoms with Crippen LogP contribution in [0.1, 0.15) is 46.4 Å². The fourth-order valence-corrected chi connectivity index (χ4v) is 3.44. The Morgan fingerprint density at radius 3 is 2.46 bits per heavy atom. The van der Waals surface area contributed by atoms with Gasteiger partial charge in [-0.25, -0.2) is 0 Å². The van der Waals surface area contributed by atoms with Gasteiger partial charge >= 0.3 is 0 Å². The van der Waals surface area contributed by atoms with Gasteiger partial charge in [0.15, 0.2) is 0 Å². The average molecular weight is 379 g/mol. The Balaban J connectivity index is 1.31. The van der Waals surface area contributed by atoms with Crippen LogP contribution < -0.4 is 10.1 Å². The summed E-state index contributed by atoms with van der Waals surface area (Å²) in [7, 11) is 0. The number of likely N-dealkylation sites (tertiary alicyclic amines) is 1. The molecule has 2 aliphatic rings. The third-order valence-corrected chi connectivity index (χ3v) is 5.35. The van der Waals surface area contributed by atoms with Gasteiger partial charge in [-0.1, -0.05) is 12.1 Å². The predicted molar refractivity (Wildman–Crippen MR) is 105 cm³/mol. The highest BCUT2D eigenvalue weighted by molar-refractivity contribution is 5.97. The number of benzene rings is 1. The molecule has 6 heteroatoms. The Hall–Kier alpha value is -2.89. The fourth-order valence-electron chi connectivity index (χ4n) is 3.44. The summed E-state index contributed by atoms with van der Waals surface area (Å²) in [5, 5.41) is 3.11. The van der Waals surface area contributed by atoms with Crippen molar-refractivity contribution in [3.63, 3.8) is 0 Å². The molecule has 0 spiro atoms. The number of amides is 2. The van der Waals surface area contributed by atoms with E-state index in [2.05, 4.69) is 10.3 Å². The molecule has 0 atom stereocenters. The zero-order valence-corrected chi connectivity index (χ0v) is 15.8. The van der Waals surface area contributed by atoms with Crippen molar-refractivity contribution in [3.05, 3.63) is 59.9 Å². The molecule has 1 aromatic heterocycles. The molecule has 1 aliphatic heterocycles. The maximum atomic E-state index is 12.8. The number of hydrogen-bond acceptors (Lipinski definition) is 4. The van der Waals surface area contributed by atoms with Crippen molar-refractivity contribution in [3.8, 4) is 5.75 Å². The van der Waals surface area contributed by atoms with Gasteiger partial charge in [0.2, 0.25) is 0 Å². The number of rotatable bonds is 6. The maximum absolute atomic E-state index is 12.8. The maximum Gasteiger partial charge on any atom is 0.255 e. The number of nitrogens with zero attached hydrogens (tertiary/aromatic N) is 2. The highest BCUT2D eigenvalue weighted by atomic mass is 16.5. The lowest BCUT2D eigenvalue weighted by Gasteiger charge is -2.32. The highest BCUT2D eigenvalue weighted by Gasteiger charge is 2.26. The van der Waals surface area contributed by atoms with E-state index in [0.29, 0.717) is 42.5 Å². The third kappa shape index (κ3) is 4.50. The SMILES string of the molecule is O=C(NC1CCN(C(=O)c2ccncc2)CC1)c1ccccc1OCC1CC1. The van der Waals surface area contributed by atoms with E-state index in [9.17, 15) is 9.59 Å². The van der Waals surface area contributed by atoms with Crippen molar-refractivity contribution in [2.45, 2.75) is 31.7 Å². The van der Waals surface area contributed by atoms with E-state index in [0.717, 1.165) is 12.8 Å². The van der Waals surface area contributed by atoms with Crippen molar-refractivity contribution >= 4 is 11.8 Å². The molecule has 1 aliphatic carbocycles. The van der Waals surface area contributed by atoms with Crippen molar-refractivity contribution in [2.75, 3.05) is 19.7 Å². The van der Waals surface area contributed by atoms with Crippen molar-refractivity contribution in [1.29, 1.82) is 0 Å². The number of hydrogen-bond donors (Lipinski definition) is 1. The first-order valence-corrected chi connectivity index (χ1v) is 9.92. The minimum absolute atomic E-state index is 0.0194. The minimum Gasteiger partial charge on any atom is -0.492 e. The van der Waals surface area contributed by atoms with Gasteiger partial charge in [0.25, 0.3) is 11.8 Å². The van der Waals surface area contributed by atoms with Gasteiger partial charge in [-0.05, 0) is 55.9 Å². The Morgan fingerprint density at radius 2 is 1.75 bits per heavy atom. The second-order valence-electron chi connectivity index (χ2n) is 7.53. The van der Waals surface area contributed by atoms with E-state index in [1.807, 2.05) is 23.1 Å². The summed E-state index contributed by atoms with van der Waals surface area (Å²) in [6.45, 7) is 1.94. The summed E-state index contributed by atoms with van der Waals surface area (Å²) in [5.74, 6) is 1.20. The molecule has 0 bridgehead atoms. The predicted octanol–water partition coefficient (Wildman–Crippen LogP) is 2.91. The van der Waals surface area contributed by atoms with Crippen molar-refractivity contribution < 1.29 is 14.3 Å². The molecule has 2 heterocycles. The second-order valence-corrected chi connectivity index (χ2v) is 7.53. The zero-order chi connectivity index (χ0) is 19.3. The molecule has 146 valence electrons.